The summed E-state index contributed by atoms with van der Waals surface area (Å²) < 4.78 is 0. The van der Waals surface area contributed by atoms with Crippen LogP contribution in [-0.2, 0) is 4.79 Å². The van der Waals surface area contributed by atoms with Crippen molar-refractivity contribution in [2.24, 2.45) is 10.3 Å². The smallest absolute Gasteiger partial charge is 0.303 e. The highest BCUT2D eigenvalue weighted by Gasteiger charge is 2.12. The van der Waals surface area contributed by atoms with Crippen LogP contribution in [0.2, 0.25) is 0 Å². The maximum Gasteiger partial charge on any atom is 0.303 e. The van der Waals surface area contributed by atoms with Gasteiger partial charge in [-0.2, -0.15) is 5.11 Å². The summed E-state index contributed by atoms with van der Waals surface area (Å²) in [7, 11) is 3.56. The van der Waals surface area contributed by atoms with Gasteiger partial charge in [0.15, 0.2) is 0 Å². The monoisotopic (exact) mass is 235 g/mol. The van der Waals surface area contributed by atoms with Gasteiger partial charge in [0.25, 0.3) is 0 Å². The van der Waals surface area contributed by atoms with Crippen LogP contribution >= 0.6 is 0 Å². The zero-order valence-electron chi connectivity index (χ0n) is 10.1. The van der Waals surface area contributed by atoms with E-state index in [9.17, 15) is 4.79 Å². The summed E-state index contributed by atoms with van der Waals surface area (Å²) >= 11 is 0. The van der Waals surface area contributed by atoms with Crippen molar-refractivity contribution in [2.45, 2.75) is 18.9 Å². The van der Waals surface area contributed by atoms with E-state index in [4.69, 9.17) is 5.11 Å². The van der Waals surface area contributed by atoms with Crippen molar-refractivity contribution in [1.29, 1.82) is 0 Å². The molecule has 0 aromatic heterocycles. The van der Waals surface area contributed by atoms with Crippen LogP contribution in [0.5, 0.6) is 0 Å². The molecule has 0 saturated heterocycles. The summed E-state index contributed by atoms with van der Waals surface area (Å²) in [6.45, 7) is 0. The van der Waals surface area contributed by atoms with Crippen LogP contribution in [0.1, 0.15) is 24.4 Å². The van der Waals surface area contributed by atoms with Crippen molar-refractivity contribution in [3.63, 3.8) is 0 Å². The summed E-state index contributed by atoms with van der Waals surface area (Å²) in [5.74, 6) is -0.814. The molecule has 0 heterocycles. The van der Waals surface area contributed by atoms with Gasteiger partial charge in [0.05, 0.1) is 6.04 Å². The van der Waals surface area contributed by atoms with Crippen LogP contribution < -0.4 is 0 Å². The van der Waals surface area contributed by atoms with E-state index in [2.05, 4.69) is 10.3 Å². The molecule has 0 aliphatic heterocycles. The maximum absolute atomic E-state index is 10.6. The lowest BCUT2D eigenvalue weighted by atomic mass is 10.0. The number of hydrogen-bond donors (Lipinski definition) is 1. The van der Waals surface area contributed by atoms with Gasteiger partial charge in [-0.05, 0) is 12.0 Å². The molecule has 1 atom stereocenters. The SMILES string of the molecule is CN(C)N=NC(CCC(=O)O)c1ccccc1. The molecule has 0 fully saturated rings. The standard InChI is InChI=1S/C12H17N3O2/c1-15(2)14-13-11(8-9-12(16)17)10-6-4-3-5-7-10/h3-7,11H,8-9H2,1-2H3,(H,16,17). The van der Waals surface area contributed by atoms with Gasteiger partial charge >= 0.3 is 5.97 Å². The van der Waals surface area contributed by atoms with E-state index in [0.717, 1.165) is 5.56 Å². The van der Waals surface area contributed by atoms with Crippen LogP contribution in [0.15, 0.2) is 40.7 Å². The molecule has 0 aliphatic rings. The number of carbonyl (C=O) groups is 1. The fourth-order valence-corrected chi connectivity index (χ4v) is 1.39. The van der Waals surface area contributed by atoms with E-state index in [1.165, 1.54) is 0 Å². The highest BCUT2D eigenvalue weighted by atomic mass is 16.4. The predicted molar refractivity (Wildman–Crippen MR) is 64.6 cm³/mol. The Hall–Kier alpha value is -1.91. The third-order valence-corrected chi connectivity index (χ3v) is 2.19. The second kappa shape index (κ2) is 6.62. The highest BCUT2D eigenvalue weighted by molar-refractivity contribution is 5.66. The van der Waals surface area contributed by atoms with Gasteiger partial charge in [-0.15, -0.1) is 0 Å². The molecule has 1 aromatic carbocycles. The minimum Gasteiger partial charge on any atom is -0.481 e. The Labute approximate surface area is 101 Å². The number of aliphatic carboxylic acids is 1. The van der Waals surface area contributed by atoms with Gasteiger partial charge in [0.2, 0.25) is 0 Å². The summed E-state index contributed by atoms with van der Waals surface area (Å²) in [4.78, 5) is 10.6. The molecule has 0 bridgehead atoms. The Morgan fingerprint density at radius 2 is 2.00 bits per heavy atom. The average molecular weight is 235 g/mol. The average Bonchev–Trinajstić information content (AvgIpc) is 2.29. The molecule has 0 amide bonds. The van der Waals surface area contributed by atoms with Crippen molar-refractivity contribution in [3.05, 3.63) is 35.9 Å². The van der Waals surface area contributed by atoms with Crippen molar-refractivity contribution >= 4 is 5.97 Å². The molecule has 0 saturated carbocycles. The van der Waals surface area contributed by atoms with E-state index < -0.39 is 5.97 Å². The van der Waals surface area contributed by atoms with Crippen LogP contribution in [0, 0.1) is 0 Å². The highest BCUT2D eigenvalue weighted by Crippen LogP contribution is 2.23. The largest absolute Gasteiger partial charge is 0.481 e. The van der Waals surface area contributed by atoms with Crippen molar-refractivity contribution < 1.29 is 9.90 Å². The number of carboxylic acid groups (broad SMARTS) is 1. The molecule has 17 heavy (non-hydrogen) atoms. The molecule has 0 spiro atoms. The zero-order chi connectivity index (χ0) is 12.7. The Balaban J connectivity index is 2.75. The van der Waals surface area contributed by atoms with E-state index in [1.807, 2.05) is 30.3 Å². The van der Waals surface area contributed by atoms with Crippen molar-refractivity contribution in [2.75, 3.05) is 14.1 Å². The van der Waals surface area contributed by atoms with Gasteiger partial charge in [-0.3, -0.25) is 9.80 Å². The molecule has 1 rings (SSSR count). The summed E-state index contributed by atoms with van der Waals surface area (Å²) in [5.41, 5.74) is 0.986. The first-order valence-corrected chi connectivity index (χ1v) is 5.44. The van der Waals surface area contributed by atoms with Crippen LogP contribution in [0.3, 0.4) is 0 Å². The molecule has 0 radical (unpaired) electrons. The summed E-state index contributed by atoms with van der Waals surface area (Å²) in [5, 5.41) is 18.4. The van der Waals surface area contributed by atoms with E-state index in [1.54, 1.807) is 19.1 Å². The minimum absolute atomic E-state index is 0.0893. The quantitative estimate of drug-likeness (QED) is 0.608. The molecule has 1 N–H and O–H groups in total. The van der Waals surface area contributed by atoms with E-state index >= 15 is 0 Å². The Morgan fingerprint density at radius 3 is 2.53 bits per heavy atom. The first kappa shape index (κ1) is 13.2. The molecule has 0 aliphatic carbocycles. The lowest BCUT2D eigenvalue weighted by molar-refractivity contribution is -0.137. The Morgan fingerprint density at radius 1 is 1.35 bits per heavy atom. The molecule has 1 unspecified atom stereocenters. The zero-order valence-corrected chi connectivity index (χ0v) is 10.1. The maximum atomic E-state index is 10.6. The fraction of sp³-hybridized carbons (Fsp3) is 0.417. The van der Waals surface area contributed by atoms with Crippen LogP contribution in [-0.4, -0.2) is 30.2 Å². The van der Waals surface area contributed by atoms with E-state index in [-0.39, 0.29) is 12.5 Å². The number of rotatable bonds is 6. The molecule has 5 heteroatoms. The lowest BCUT2D eigenvalue weighted by Gasteiger charge is -2.11. The van der Waals surface area contributed by atoms with Gasteiger partial charge < -0.3 is 5.11 Å². The second-order valence-electron chi connectivity index (χ2n) is 3.91. The Bertz CT molecular complexity index is 377. The normalized spacial score (nSPS) is 12.6. The number of benzene rings is 1. The number of carboxylic acids is 1. The summed E-state index contributed by atoms with van der Waals surface area (Å²) in [6, 6.07) is 9.40. The fourth-order valence-electron chi connectivity index (χ4n) is 1.39. The van der Waals surface area contributed by atoms with Gasteiger partial charge in [0.1, 0.15) is 0 Å². The second-order valence-corrected chi connectivity index (χ2v) is 3.91. The van der Waals surface area contributed by atoms with Gasteiger partial charge in [0, 0.05) is 20.5 Å². The van der Waals surface area contributed by atoms with Crippen molar-refractivity contribution in [1.82, 2.24) is 5.01 Å². The first-order valence-electron chi connectivity index (χ1n) is 5.44. The first-order chi connectivity index (χ1) is 8.09. The lowest BCUT2D eigenvalue weighted by Crippen LogP contribution is -2.04. The van der Waals surface area contributed by atoms with E-state index in [0.29, 0.717) is 6.42 Å². The van der Waals surface area contributed by atoms with Gasteiger partial charge in [-0.1, -0.05) is 35.6 Å². The van der Waals surface area contributed by atoms with Gasteiger partial charge in [-0.25, -0.2) is 0 Å². The topological polar surface area (TPSA) is 65.3 Å². The number of nitrogens with zero attached hydrogens (tertiary/aromatic N) is 3. The Kier molecular flexibility index (Phi) is 5.13. The van der Waals surface area contributed by atoms with Crippen LogP contribution in [0.4, 0.5) is 0 Å². The third-order valence-electron chi connectivity index (χ3n) is 2.19. The minimum atomic E-state index is -0.814. The molecular formula is C12H17N3O2. The molecular weight excluding hydrogens is 218 g/mol. The third kappa shape index (κ3) is 5.10. The van der Waals surface area contributed by atoms with Crippen molar-refractivity contribution in [3.8, 4) is 0 Å². The number of hydrogen-bond acceptors (Lipinski definition) is 3. The predicted octanol–water partition coefficient (Wildman–Crippen LogP) is 2.52. The molecule has 92 valence electrons. The van der Waals surface area contributed by atoms with Crippen LogP contribution in [0.25, 0.3) is 0 Å². The molecule has 5 nitrogen and oxygen atoms in total. The molecule has 1 aromatic rings. The summed E-state index contributed by atoms with van der Waals surface area (Å²) in [6.07, 6.45) is 0.544.